The third-order valence-electron chi connectivity index (χ3n) is 4.90. The number of rotatable bonds is 2. The van der Waals surface area contributed by atoms with Crippen molar-refractivity contribution in [2.45, 2.75) is 34.6 Å². The topological polar surface area (TPSA) is 0 Å². The molecule has 3 aromatic rings. The van der Waals surface area contributed by atoms with Crippen molar-refractivity contribution < 1.29 is 0 Å². The second kappa shape index (κ2) is 6.04. The van der Waals surface area contributed by atoms with Gasteiger partial charge in [0.15, 0.2) is 0 Å². The minimum Gasteiger partial charge on any atom is -0.0620 e. The van der Waals surface area contributed by atoms with E-state index in [1.54, 1.807) is 0 Å². The first kappa shape index (κ1) is 15.6. The molecule has 0 nitrogen and oxygen atoms in total. The molecule has 0 aliphatic carbocycles. The minimum absolute atomic E-state index is 1.22. The van der Waals surface area contributed by atoms with E-state index >= 15 is 0 Å². The SMILES string of the molecule is Cc1[c]cc(-c2ccccc2C)c(C)c1-c1cccc(C)c1C. The molecule has 3 rings (SSSR count). The highest BCUT2D eigenvalue weighted by Crippen LogP contribution is 2.37. The van der Waals surface area contributed by atoms with Gasteiger partial charge in [-0.25, -0.2) is 0 Å². The number of hydrogen-bond acceptors (Lipinski definition) is 0. The van der Waals surface area contributed by atoms with E-state index in [1.807, 2.05) is 0 Å². The smallest absolute Gasteiger partial charge is 0.0110 e. The van der Waals surface area contributed by atoms with Crippen LogP contribution < -0.4 is 0 Å². The summed E-state index contributed by atoms with van der Waals surface area (Å²) in [5.41, 5.74) is 11.8. The van der Waals surface area contributed by atoms with Gasteiger partial charge in [0.2, 0.25) is 0 Å². The van der Waals surface area contributed by atoms with Crippen LogP contribution in [0.2, 0.25) is 0 Å². The molecule has 23 heavy (non-hydrogen) atoms. The predicted octanol–water partition coefficient (Wildman–Crippen LogP) is 6.36. The Kier molecular flexibility index (Phi) is 4.09. The largest absolute Gasteiger partial charge is 0.0620 e. The zero-order valence-corrected chi connectivity index (χ0v) is 14.6. The number of aryl methyl sites for hydroxylation is 3. The molecule has 0 bridgehead atoms. The van der Waals surface area contributed by atoms with Gasteiger partial charge in [-0.3, -0.25) is 0 Å². The molecule has 0 saturated heterocycles. The molecule has 0 atom stereocenters. The highest BCUT2D eigenvalue weighted by molar-refractivity contribution is 5.82. The summed E-state index contributed by atoms with van der Waals surface area (Å²) >= 11 is 0. The fourth-order valence-electron chi connectivity index (χ4n) is 3.36. The van der Waals surface area contributed by atoms with Crippen molar-refractivity contribution in [3.05, 3.63) is 82.4 Å². The summed E-state index contributed by atoms with van der Waals surface area (Å²) < 4.78 is 0. The van der Waals surface area contributed by atoms with Gasteiger partial charge in [-0.15, -0.1) is 0 Å². The molecule has 0 amide bonds. The standard InChI is InChI=1S/C23H23/c1-15-10-8-12-22(18(15)4)23-17(3)13-14-21(19(23)5)20-11-7-6-9-16(20)2/h6-12,14H,1-5H3. The summed E-state index contributed by atoms with van der Waals surface area (Å²) in [6, 6.07) is 20.8. The highest BCUT2D eigenvalue weighted by Gasteiger charge is 2.14. The van der Waals surface area contributed by atoms with Gasteiger partial charge in [0.05, 0.1) is 0 Å². The Hall–Kier alpha value is -2.34. The molecule has 0 spiro atoms. The Morgan fingerprint density at radius 1 is 0.609 bits per heavy atom. The summed E-state index contributed by atoms with van der Waals surface area (Å²) in [6.07, 6.45) is 0. The molecule has 0 heterocycles. The van der Waals surface area contributed by atoms with Crippen molar-refractivity contribution in [1.82, 2.24) is 0 Å². The molecule has 0 aliphatic rings. The lowest BCUT2D eigenvalue weighted by Crippen LogP contribution is -1.96. The van der Waals surface area contributed by atoms with Crippen LogP contribution in [0.1, 0.15) is 27.8 Å². The van der Waals surface area contributed by atoms with Crippen LogP contribution in [0.4, 0.5) is 0 Å². The van der Waals surface area contributed by atoms with E-state index in [9.17, 15) is 0 Å². The number of hydrogen-bond donors (Lipinski definition) is 0. The van der Waals surface area contributed by atoms with Crippen LogP contribution in [-0.2, 0) is 0 Å². The van der Waals surface area contributed by atoms with Gasteiger partial charge >= 0.3 is 0 Å². The van der Waals surface area contributed by atoms with E-state index in [0.29, 0.717) is 0 Å². The quantitative estimate of drug-likeness (QED) is 0.516. The zero-order valence-electron chi connectivity index (χ0n) is 14.6. The van der Waals surface area contributed by atoms with E-state index < -0.39 is 0 Å². The molecule has 0 aromatic heterocycles. The van der Waals surface area contributed by atoms with Crippen molar-refractivity contribution in [2.24, 2.45) is 0 Å². The Morgan fingerprint density at radius 2 is 1.26 bits per heavy atom. The first-order valence-corrected chi connectivity index (χ1v) is 8.15. The van der Waals surface area contributed by atoms with Crippen LogP contribution in [-0.4, -0.2) is 0 Å². The van der Waals surface area contributed by atoms with Gasteiger partial charge in [-0.2, -0.15) is 0 Å². The maximum atomic E-state index is 3.48. The predicted molar refractivity (Wildman–Crippen MR) is 99.8 cm³/mol. The van der Waals surface area contributed by atoms with Crippen molar-refractivity contribution in [2.75, 3.05) is 0 Å². The average Bonchev–Trinajstić information content (AvgIpc) is 2.53. The van der Waals surface area contributed by atoms with E-state index in [2.05, 4.69) is 89.2 Å². The molecule has 0 heteroatoms. The van der Waals surface area contributed by atoms with E-state index in [1.165, 1.54) is 50.1 Å². The zero-order chi connectivity index (χ0) is 16.6. The first-order valence-electron chi connectivity index (χ1n) is 8.15. The molecule has 0 N–H and O–H groups in total. The second-order valence-electron chi connectivity index (χ2n) is 6.39. The van der Waals surface area contributed by atoms with Crippen LogP contribution in [0.3, 0.4) is 0 Å². The van der Waals surface area contributed by atoms with Crippen LogP contribution in [0.25, 0.3) is 22.3 Å². The second-order valence-corrected chi connectivity index (χ2v) is 6.39. The van der Waals surface area contributed by atoms with E-state index in [-0.39, 0.29) is 0 Å². The lowest BCUT2D eigenvalue weighted by molar-refractivity contribution is 1.30. The molecule has 0 unspecified atom stereocenters. The van der Waals surface area contributed by atoms with Gasteiger partial charge in [-0.05, 0) is 96.8 Å². The summed E-state index contributed by atoms with van der Waals surface area (Å²) in [5.74, 6) is 0. The molecule has 0 fully saturated rings. The monoisotopic (exact) mass is 299 g/mol. The van der Waals surface area contributed by atoms with Gasteiger partial charge in [0.25, 0.3) is 0 Å². The van der Waals surface area contributed by atoms with E-state index in [4.69, 9.17) is 0 Å². The Morgan fingerprint density at radius 3 is 2.00 bits per heavy atom. The summed E-state index contributed by atoms with van der Waals surface area (Å²) in [7, 11) is 0. The Bertz CT molecular complexity index is 869. The third kappa shape index (κ3) is 2.70. The average molecular weight is 299 g/mol. The van der Waals surface area contributed by atoms with Crippen molar-refractivity contribution in [3.8, 4) is 22.3 Å². The van der Waals surface area contributed by atoms with Crippen molar-refractivity contribution in [3.63, 3.8) is 0 Å². The van der Waals surface area contributed by atoms with Crippen molar-refractivity contribution in [1.29, 1.82) is 0 Å². The normalized spacial score (nSPS) is 10.8. The van der Waals surface area contributed by atoms with Crippen LogP contribution >= 0.6 is 0 Å². The van der Waals surface area contributed by atoms with Crippen molar-refractivity contribution >= 4 is 0 Å². The highest BCUT2D eigenvalue weighted by atomic mass is 14.2. The summed E-state index contributed by atoms with van der Waals surface area (Å²) in [4.78, 5) is 0. The molecular weight excluding hydrogens is 276 g/mol. The Labute approximate surface area is 139 Å². The number of benzene rings is 3. The first-order chi connectivity index (χ1) is 11.0. The molecule has 0 aliphatic heterocycles. The van der Waals surface area contributed by atoms with Gasteiger partial charge < -0.3 is 0 Å². The van der Waals surface area contributed by atoms with Gasteiger partial charge in [0, 0.05) is 0 Å². The summed E-state index contributed by atoms with van der Waals surface area (Å²) in [5, 5.41) is 0. The molecule has 3 aromatic carbocycles. The maximum absolute atomic E-state index is 3.48. The third-order valence-corrected chi connectivity index (χ3v) is 4.90. The molecular formula is C23H23. The molecule has 0 saturated carbocycles. The van der Waals surface area contributed by atoms with Gasteiger partial charge in [0.1, 0.15) is 0 Å². The van der Waals surface area contributed by atoms with Gasteiger partial charge in [-0.1, -0.05) is 42.5 Å². The van der Waals surface area contributed by atoms with Crippen LogP contribution in [0.15, 0.2) is 48.5 Å². The van der Waals surface area contributed by atoms with E-state index in [0.717, 1.165) is 0 Å². The molecule has 1 radical (unpaired) electrons. The minimum atomic E-state index is 1.22. The lowest BCUT2D eigenvalue weighted by atomic mass is 9.86. The molecule has 115 valence electrons. The summed E-state index contributed by atoms with van der Waals surface area (Å²) in [6.45, 7) is 11.0. The fourth-order valence-corrected chi connectivity index (χ4v) is 3.36. The van der Waals surface area contributed by atoms with Crippen LogP contribution in [0, 0.1) is 40.7 Å². The maximum Gasteiger partial charge on any atom is -0.0110 e. The van der Waals surface area contributed by atoms with Crippen LogP contribution in [0.5, 0.6) is 0 Å². The fraction of sp³-hybridized carbons (Fsp3) is 0.217. The lowest BCUT2D eigenvalue weighted by Gasteiger charge is -2.18. The Balaban J connectivity index is 2.29.